The van der Waals surface area contributed by atoms with E-state index in [1.807, 2.05) is 31.2 Å². The van der Waals surface area contributed by atoms with Gasteiger partial charge in [0.25, 0.3) is 5.91 Å². The van der Waals surface area contributed by atoms with E-state index in [0.717, 1.165) is 34.1 Å². The second kappa shape index (κ2) is 15.4. The van der Waals surface area contributed by atoms with Crippen LogP contribution in [0.5, 0.6) is 17.2 Å². The van der Waals surface area contributed by atoms with E-state index in [9.17, 15) is 22.8 Å². The van der Waals surface area contributed by atoms with Crippen molar-refractivity contribution in [2.75, 3.05) is 30.9 Å². The molecule has 5 aromatic rings. The predicted molar refractivity (Wildman–Crippen MR) is 176 cm³/mol. The molecule has 0 unspecified atom stereocenters. The highest BCUT2D eigenvalue weighted by atomic mass is 32.2. The van der Waals surface area contributed by atoms with Gasteiger partial charge in [-0.3, -0.25) is 14.2 Å². The zero-order chi connectivity index (χ0) is 34.3. The Balaban J connectivity index is 1.39. The number of rotatable bonds is 14. The van der Waals surface area contributed by atoms with E-state index in [1.54, 1.807) is 13.8 Å². The van der Waals surface area contributed by atoms with Gasteiger partial charge in [-0.15, -0.1) is 10.2 Å². The summed E-state index contributed by atoms with van der Waals surface area (Å²) < 4.78 is 60.4. The third-order valence-electron chi connectivity index (χ3n) is 6.58. The molecule has 2 amide bonds. The molecule has 0 saturated carbocycles. The zero-order valence-electron chi connectivity index (χ0n) is 26.1. The summed E-state index contributed by atoms with van der Waals surface area (Å²) in [5, 5.41) is 14.4. The van der Waals surface area contributed by atoms with E-state index in [2.05, 4.69) is 25.8 Å². The monoisotopic (exact) mass is 700 g/mol. The number of nitrogens with zero attached hydrogens (tertiary/aromatic N) is 4. The van der Waals surface area contributed by atoms with Crippen LogP contribution in [-0.2, 0) is 17.5 Å². The largest absolute Gasteiger partial charge is 0.490 e. The van der Waals surface area contributed by atoms with Gasteiger partial charge < -0.3 is 24.8 Å². The molecule has 0 aliphatic carbocycles. The second-order valence-corrected chi connectivity index (χ2v) is 11.9. The number of amides is 2. The van der Waals surface area contributed by atoms with Gasteiger partial charge in [-0.1, -0.05) is 41.3 Å². The Morgan fingerprint density at radius 3 is 2.29 bits per heavy atom. The van der Waals surface area contributed by atoms with Crippen LogP contribution in [0.25, 0.3) is 15.9 Å². The molecule has 2 aromatic heterocycles. The Bertz CT molecular complexity index is 1850. The van der Waals surface area contributed by atoms with Crippen molar-refractivity contribution in [2.24, 2.45) is 0 Å². The molecule has 2 N–H and O–H groups in total. The number of fused-ring (bicyclic) bond motifs is 1. The smallest absolute Gasteiger partial charge is 0.416 e. The third kappa shape index (κ3) is 8.17. The van der Waals surface area contributed by atoms with E-state index in [-0.39, 0.29) is 34.5 Å². The minimum absolute atomic E-state index is 0.103. The third-order valence-corrected chi connectivity index (χ3v) is 8.46. The van der Waals surface area contributed by atoms with E-state index in [4.69, 9.17) is 14.2 Å². The van der Waals surface area contributed by atoms with Crippen molar-refractivity contribution in [3.63, 3.8) is 0 Å². The van der Waals surface area contributed by atoms with Crippen LogP contribution in [0.4, 0.5) is 18.3 Å². The molecule has 3 aromatic carbocycles. The second-order valence-electron chi connectivity index (χ2n) is 9.89. The Morgan fingerprint density at radius 2 is 1.62 bits per heavy atom. The maximum atomic E-state index is 13.7. The molecule has 11 nitrogen and oxygen atoms in total. The van der Waals surface area contributed by atoms with Gasteiger partial charge in [0, 0.05) is 5.56 Å². The van der Waals surface area contributed by atoms with E-state index < -0.39 is 23.6 Å². The highest BCUT2D eigenvalue weighted by Crippen LogP contribution is 2.39. The van der Waals surface area contributed by atoms with Crippen LogP contribution in [-0.4, -0.2) is 57.1 Å². The van der Waals surface area contributed by atoms with Gasteiger partial charge in [-0.2, -0.15) is 13.2 Å². The topological polar surface area (TPSA) is 129 Å². The Hall–Kier alpha value is -4.83. The fraction of sp³-hybridized carbons (Fsp3) is 0.281. The molecule has 0 aliphatic rings. The van der Waals surface area contributed by atoms with E-state index in [0.29, 0.717) is 42.2 Å². The lowest BCUT2D eigenvalue weighted by Gasteiger charge is -2.17. The normalized spacial score (nSPS) is 11.4. The number of thioether (sulfide) groups is 1. The van der Waals surface area contributed by atoms with Crippen molar-refractivity contribution < 1.29 is 37.0 Å². The minimum Gasteiger partial charge on any atom is -0.490 e. The van der Waals surface area contributed by atoms with Crippen molar-refractivity contribution in [1.29, 1.82) is 0 Å². The molecule has 2 heterocycles. The molecule has 0 saturated heterocycles. The number of aromatic nitrogens is 4. The van der Waals surface area contributed by atoms with Gasteiger partial charge >= 0.3 is 6.18 Å². The van der Waals surface area contributed by atoms with Crippen LogP contribution in [0.1, 0.15) is 42.5 Å². The summed E-state index contributed by atoms with van der Waals surface area (Å²) in [4.78, 5) is 30.6. The first-order valence-electron chi connectivity index (χ1n) is 14.9. The number of benzene rings is 3. The SMILES string of the molecule is CCOc1cc(C(=O)NCc2nnc(SCC(=O)Nc3nc4ccccc4s3)n2-c2cccc(C(F)(F)F)c2)cc(OCC)c1OCC. The molecule has 0 radical (unpaired) electrons. The van der Waals surface area contributed by atoms with Crippen molar-refractivity contribution in [1.82, 2.24) is 25.1 Å². The zero-order valence-corrected chi connectivity index (χ0v) is 27.7. The minimum atomic E-state index is -4.60. The van der Waals surface area contributed by atoms with Crippen LogP contribution in [0, 0.1) is 0 Å². The number of carbonyl (C=O) groups excluding carboxylic acids is 2. The number of hydrogen-bond donors (Lipinski definition) is 2. The van der Waals surface area contributed by atoms with Gasteiger partial charge in [0.2, 0.25) is 11.7 Å². The number of nitrogens with one attached hydrogen (secondary N) is 2. The maximum Gasteiger partial charge on any atom is 0.416 e. The first-order chi connectivity index (χ1) is 23.1. The molecule has 48 heavy (non-hydrogen) atoms. The van der Waals surface area contributed by atoms with Crippen molar-refractivity contribution in [2.45, 2.75) is 38.6 Å². The van der Waals surface area contributed by atoms with Crippen molar-refractivity contribution in [3.05, 3.63) is 77.6 Å². The number of carbonyl (C=O) groups is 2. The van der Waals surface area contributed by atoms with Gasteiger partial charge in [-0.05, 0) is 63.2 Å². The predicted octanol–water partition coefficient (Wildman–Crippen LogP) is 6.75. The first-order valence-corrected chi connectivity index (χ1v) is 16.7. The number of thiazole rings is 1. The van der Waals surface area contributed by atoms with Crippen molar-refractivity contribution in [3.8, 4) is 22.9 Å². The fourth-order valence-corrected chi connectivity index (χ4v) is 6.23. The molecular formula is C32H31F3N6O5S2. The fourth-order valence-electron chi connectivity index (χ4n) is 4.58. The summed E-state index contributed by atoms with van der Waals surface area (Å²) in [6.45, 7) is 6.18. The summed E-state index contributed by atoms with van der Waals surface area (Å²) >= 11 is 2.29. The average molecular weight is 701 g/mol. The highest BCUT2D eigenvalue weighted by molar-refractivity contribution is 7.99. The number of anilines is 1. The van der Waals surface area contributed by atoms with Crippen LogP contribution in [0.2, 0.25) is 0 Å². The Morgan fingerprint density at radius 1 is 0.917 bits per heavy atom. The summed E-state index contributed by atoms with van der Waals surface area (Å²) in [7, 11) is 0. The summed E-state index contributed by atoms with van der Waals surface area (Å²) in [6.07, 6.45) is -4.60. The van der Waals surface area contributed by atoms with E-state index >= 15 is 0 Å². The van der Waals surface area contributed by atoms with Gasteiger partial charge in [0.1, 0.15) is 0 Å². The molecule has 0 bridgehead atoms. The molecule has 5 rings (SSSR count). The van der Waals surface area contributed by atoms with E-state index in [1.165, 1.54) is 40.2 Å². The molecule has 0 spiro atoms. The first kappa shape index (κ1) is 34.5. The average Bonchev–Trinajstić information content (AvgIpc) is 3.67. The number of alkyl halides is 3. The number of ether oxygens (including phenoxy) is 3. The molecule has 16 heteroatoms. The van der Waals surface area contributed by atoms with Crippen molar-refractivity contribution >= 4 is 50.3 Å². The lowest BCUT2D eigenvalue weighted by atomic mass is 10.1. The Kier molecular flexibility index (Phi) is 11.1. The lowest BCUT2D eigenvalue weighted by molar-refractivity contribution is -0.137. The molecular weight excluding hydrogens is 670 g/mol. The van der Waals surface area contributed by atoms with Gasteiger partial charge in [-0.25, -0.2) is 4.98 Å². The number of halogens is 3. The Labute approximate surface area is 281 Å². The molecule has 252 valence electrons. The quantitative estimate of drug-likeness (QED) is 0.121. The summed E-state index contributed by atoms with van der Waals surface area (Å²) in [5.74, 6) is 0.108. The lowest BCUT2D eigenvalue weighted by Crippen LogP contribution is -2.25. The van der Waals surface area contributed by atoms with Crippen LogP contribution >= 0.6 is 23.1 Å². The number of para-hydroxylation sites is 1. The van der Waals surface area contributed by atoms with Crippen LogP contribution in [0.15, 0.2) is 65.8 Å². The van der Waals surface area contributed by atoms with Crippen LogP contribution in [0.3, 0.4) is 0 Å². The molecule has 0 aliphatic heterocycles. The molecule has 0 fully saturated rings. The standard InChI is InChI=1S/C32H31F3N6O5S2/c1-4-44-23-14-19(15-24(45-5-2)28(23)46-6-3)29(43)36-17-26-39-40-31(41(26)21-11-9-10-20(16-21)32(33,34)35)47-18-27(42)38-30-37-22-12-7-8-13-25(22)48-30/h7-16H,4-6,17-18H2,1-3H3,(H,36,43)(H,37,38,42). The van der Waals surface area contributed by atoms with Crippen LogP contribution < -0.4 is 24.8 Å². The summed E-state index contributed by atoms with van der Waals surface area (Å²) in [5.41, 5.74) is 0.174. The maximum absolute atomic E-state index is 13.7. The molecule has 0 atom stereocenters. The number of hydrogen-bond acceptors (Lipinski definition) is 10. The van der Waals surface area contributed by atoms with Gasteiger partial charge in [0.05, 0.1) is 53.6 Å². The highest BCUT2D eigenvalue weighted by Gasteiger charge is 2.31. The summed E-state index contributed by atoms with van der Waals surface area (Å²) in [6, 6.07) is 15.1. The van der Waals surface area contributed by atoms with Gasteiger partial charge in [0.15, 0.2) is 27.6 Å².